The number of carbonyl (C=O) groups excluding carboxylic acids is 1. The van der Waals surface area contributed by atoms with Gasteiger partial charge in [0.25, 0.3) is 0 Å². The molecule has 0 aliphatic rings. The van der Waals surface area contributed by atoms with Gasteiger partial charge >= 0.3 is 6.03 Å². The number of benzene rings is 1. The number of thioether (sulfide) groups is 1. The van der Waals surface area contributed by atoms with Crippen LogP contribution < -0.4 is 10.6 Å². The predicted octanol–water partition coefficient (Wildman–Crippen LogP) is 6.06. The Hall–Kier alpha value is -3.21. The number of rotatable bonds is 11. The van der Waals surface area contributed by atoms with Gasteiger partial charge in [0.05, 0.1) is 24.1 Å². The molecule has 2 aromatic heterocycles. The van der Waals surface area contributed by atoms with Gasteiger partial charge in [0.1, 0.15) is 5.82 Å². The molecule has 0 spiro atoms. The monoisotopic (exact) mass is 513 g/mol. The molecule has 0 aliphatic carbocycles. The molecule has 3 N–H and O–H groups in total. The van der Waals surface area contributed by atoms with Crippen molar-refractivity contribution in [2.75, 3.05) is 11.9 Å². The maximum Gasteiger partial charge on any atom is 0.321 e. The van der Waals surface area contributed by atoms with Crippen LogP contribution in [-0.2, 0) is 6.54 Å². The highest BCUT2D eigenvalue weighted by molar-refractivity contribution is 8.05. The van der Waals surface area contributed by atoms with E-state index < -0.39 is 6.03 Å². The van der Waals surface area contributed by atoms with E-state index in [0.717, 1.165) is 27.9 Å². The van der Waals surface area contributed by atoms with Crippen molar-refractivity contribution in [2.45, 2.75) is 24.2 Å². The fourth-order valence-electron chi connectivity index (χ4n) is 2.80. The molecule has 176 valence electrons. The normalized spacial score (nSPS) is 12.6. The molecule has 11 heteroatoms. The Bertz CT molecular complexity index is 1230. The number of urea groups is 1. The first-order valence-corrected chi connectivity index (χ1v) is 12.3. The fourth-order valence-corrected chi connectivity index (χ4v) is 4.79. The minimum absolute atomic E-state index is 0.258. The minimum Gasteiger partial charge on any atom is -0.340 e. The number of anilines is 1. The highest BCUT2D eigenvalue weighted by atomic mass is 35.5. The average Bonchev–Trinajstić information content (AvgIpc) is 3.46. The number of hydrogen-bond donors (Lipinski definition) is 3. The van der Waals surface area contributed by atoms with E-state index in [1.165, 1.54) is 23.1 Å². The summed E-state index contributed by atoms with van der Waals surface area (Å²) in [5.41, 5.74) is 2.71. The molecule has 1 aromatic carbocycles. The van der Waals surface area contributed by atoms with Crippen LogP contribution in [0.1, 0.15) is 19.2 Å². The molecule has 0 saturated carbocycles. The van der Waals surface area contributed by atoms with Crippen molar-refractivity contribution in [1.82, 2.24) is 25.5 Å². The molecule has 34 heavy (non-hydrogen) atoms. The van der Waals surface area contributed by atoms with Crippen molar-refractivity contribution < 1.29 is 4.79 Å². The fraction of sp³-hybridized carbons (Fsp3) is 0.174. The number of aliphatic imine (C=N–C) groups is 1. The van der Waals surface area contributed by atoms with Crippen molar-refractivity contribution >= 4 is 63.6 Å². The van der Waals surface area contributed by atoms with Gasteiger partial charge in [-0.25, -0.2) is 9.78 Å². The van der Waals surface area contributed by atoms with E-state index in [-0.39, 0.29) is 6.54 Å². The number of hydrogen-bond acceptors (Lipinski definition) is 7. The van der Waals surface area contributed by atoms with Gasteiger partial charge in [-0.3, -0.25) is 10.3 Å². The number of nitrogens with zero attached hydrogens (tertiary/aromatic N) is 4. The zero-order valence-corrected chi connectivity index (χ0v) is 20.9. The molecular weight excluding hydrogens is 490 g/mol. The van der Waals surface area contributed by atoms with E-state index in [9.17, 15) is 4.79 Å². The van der Waals surface area contributed by atoms with E-state index in [2.05, 4.69) is 55.2 Å². The van der Waals surface area contributed by atoms with E-state index in [1.54, 1.807) is 12.2 Å². The topological polar surface area (TPSA) is 108 Å². The summed E-state index contributed by atoms with van der Waals surface area (Å²) in [5, 5.41) is 14.7. The van der Waals surface area contributed by atoms with Gasteiger partial charge in [0.2, 0.25) is 5.13 Å². The Morgan fingerprint density at radius 1 is 1.32 bits per heavy atom. The second kappa shape index (κ2) is 12.9. The molecule has 3 rings (SSSR count). The van der Waals surface area contributed by atoms with E-state index in [0.29, 0.717) is 26.9 Å². The Labute approximate surface area is 211 Å². The smallest absolute Gasteiger partial charge is 0.321 e. The highest BCUT2D eigenvalue weighted by Crippen LogP contribution is 2.35. The van der Waals surface area contributed by atoms with Gasteiger partial charge < -0.3 is 10.3 Å². The molecule has 0 radical (unpaired) electrons. The number of imidazole rings is 1. The Balaban J connectivity index is 1.62. The van der Waals surface area contributed by atoms with Crippen LogP contribution in [-0.4, -0.2) is 39.5 Å². The summed E-state index contributed by atoms with van der Waals surface area (Å²) in [7, 11) is 0. The second-order valence-electron chi connectivity index (χ2n) is 6.79. The quantitative estimate of drug-likeness (QED) is 0.125. The first-order valence-electron chi connectivity index (χ1n) is 10.3. The lowest BCUT2D eigenvalue weighted by molar-refractivity contribution is 0.251. The molecule has 2 amide bonds. The van der Waals surface area contributed by atoms with Crippen LogP contribution >= 0.6 is 34.7 Å². The molecular formula is C23H24ClN7OS2. The van der Waals surface area contributed by atoms with Crippen LogP contribution in [0, 0.1) is 0 Å². The standard InChI is InChI=1S/C23H24ClN7OS2/c1-4-8-19(15(13-25-3)11-12-16(24)5-2)33-23-31-30-22(34-23)29-21(32)26-14-20-27-17-9-6-7-10-18(17)28-20/h5-12H,2-4,13-14H2,1H3,(H,27,28)(H2,26,29,30,32)/b15-11+,16-12+,19-8+. The summed E-state index contributed by atoms with van der Waals surface area (Å²) in [6.07, 6.45) is 8.11. The third-order valence-corrected chi connectivity index (χ3v) is 6.62. The van der Waals surface area contributed by atoms with Crippen LogP contribution in [0.3, 0.4) is 0 Å². The van der Waals surface area contributed by atoms with E-state index in [1.807, 2.05) is 37.3 Å². The van der Waals surface area contributed by atoms with Crippen molar-refractivity contribution in [1.29, 1.82) is 0 Å². The Morgan fingerprint density at radius 3 is 2.88 bits per heavy atom. The molecule has 3 aromatic rings. The Kier molecular flexibility index (Phi) is 9.62. The summed E-state index contributed by atoms with van der Waals surface area (Å²) < 4.78 is 0.682. The second-order valence-corrected chi connectivity index (χ2v) is 9.49. The summed E-state index contributed by atoms with van der Waals surface area (Å²) in [6, 6.07) is 7.30. The largest absolute Gasteiger partial charge is 0.340 e. The van der Waals surface area contributed by atoms with Crippen molar-refractivity contribution in [2.24, 2.45) is 4.99 Å². The number of amides is 2. The van der Waals surface area contributed by atoms with Gasteiger partial charge in [-0.05, 0) is 36.9 Å². The van der Waals surface area contributed by atoms with E-state index >= 15 is 0 Å². The van der Waals surface area contributed by atoms with Crippen LogP contribution in [0.4, 0.5) is 9.93 Å². The first kappa shape index (κ1) is 25.4. The highest BCUT2D eigenvalue weighted by Gasteiger charge is 2.13. The summed E-state index contributed by atoms with van der Waals surface area (Å²) in [5.74, 6) is 0.667. The number of allylic oxidation sites excluding steroid dienone is 5. The van der Waals surface area contributed by atoms with Gasteiger partial charge in [-0.1, -0.05) is 78.6 Å². The lowest BCUT2D eigenvalue weighted by Gasteiger charge is -2.07. The zero-order chi connectivity index (χ0) is 24.3. The molecule has 0 aliphatic heterocycles. The maximum absolute atomic E-state index is 12.3. The molecule has 8 nitrogen and oxygen atoms in total. The SMILES string of the molecule is C=C\C(Cl)=C/C=C(CN=C)/C(=C\CC)Sc1nnc(NC(=O)NCc2nc3ccccc3[nH]2)s1. The average molecular weight is 514 g/mol. The number of H-pyrrole nitrogens is 1. The molecule has 0 bridgehead atoms. The molecule has 2 heterocycles. The first-order chi connectivity index (χ1) is 16.5. The van der Waals surface area contributed by atoms with Crippen molar-refractivity contribution in [3.05, 3.63) is 76.5 Å². The molecule has 0 atom stereocenters. The van der Waals surface area contributed by atoms with E-state index in [4.69, 9.17) is 11.6 Å². The van der Waals surface area contributed by atoms with Gasteiger partial charge in [0, 0.05) is 9.94 Å². The Morgan fingerprint density at radius 2 is 2.15 bits per heavy atom. The van der Waals surface area contributed by atoms with Gasteiger partial charge in [-0.15, -0.1) is 10.2 Å². The van der Waals surface area contributed by atoms with Crippen LogP contribution in [0.2, 0.25) is 0 Å². The van der Waals surface area contributed by atoms with Gasteiger partial charge in [-0.2, -0.15) is 0 Å². The molecule has 0 unspecified atom stereocenters. The van der Waals surface area contributed by atoms with Crippen LogP contribution in [0.15, 0.2) is 80.0 Å². The summed E-state index contributed by atoms with van der Waals surface area (Å²) in [6.45, 7) is 9.98. The number of halogens is 1. The number of carbonyl (C=O) groups is 1. The van der Waals surface area contributed by atoms with Crippen LogP contribution in [0.25, 0.3) is 11.0 Å². The van der Waals surface area contributed by atoms with Crippen molar-refractivity contribution in [3.63, 3.8) is 0 Å². The predicted molar refractivity (Wildman–Crippen MR) is 143 cm³/mol. The zero-order valence-electron chi connectivity index (χ0n) is 18.5. The number of aromatic nitrogens is 4. The number of aromatic amines is 1. The minimum atomic E-state index is -0.391. The van der Waals surface area contributed by atoms with Crippen molar-refractivity contribution in [3.8, 4) is 0 Å². The van der Waals surface area contributed by atoms with Gasteiger partial charge in [0.15, 0.2) is 4.34 Å². The molecule has 0 fully saturated rings. The number of para-hydroxylation sites is 2. The third kappa shape index (κ3) is 7.41. The third-order valence-electron chi connectivity index (χ3n) is 4.31. The number of fused-ring (bicyclic) bond motifs is 1. The maximum atomic E-state index is 12.3. The lowest BCUT2D eigenvalue weighted by atomic mass is 10.2. The lowest BCUT2D eigenvalue weighted by Crippen LogP contribution is -2.28. The summed E-state index contributed by atoms with van der Waals surface area (Å²) >= 11 is 8.77. The summed E-state index contributed by atoms with van der Waals surface area (Å²) in [4.78, 5) is 24.9. The molecule has 0 saturated heterocycles. The number of nitrogens with one attached hydrogen (secondary N) is 3. The van der Waals surface area contributed by atoms with Crippen LogP contribution in [0.5, 0.6) is 0 Å².